The predicted molar refractivity (Wildman–Crippen MR) is 450 cm³/mol. The molecule has 37 heteroatoms. The molecule has 8 heterocycles. The van der Waals surface area contributed by atoms with Crippen molar-refractivity contribution in [2.24, 2.45) is 11.7 Å². The molecule has 0 spiro atoms. The highest BCUT2D eigenvalue weighted by molar-refractivity contribution is 7.15. The molecule has 8 N–H and O–H groups in total. The zero-order valence-corrected chi connectivity index (χ0v) is 72.4. The van der Waals surface area contributed by atoms with Crippen molar-refractivity contribution in [2.45, 2.75) is 135 Å². The van der Waals surface area contributed by atoms with E-state index in [-0.39, 0.29) is 77.4 Å². The van der Waals surface area contributed by atoms with Gasteiger partial charge in [0.05, 0.1) is 55.5 Å². The predicted octanol–water partition coefficient (Wildman–Crippen LogP) is 10.7. The number of primary amides is 1. The van der Waals surface area contributed by atoms with Gasteiger partial charge >= 0.3 is 12.1 Å². The fourth-order valence-corrected chi connectivity index (χ4v) is 23.4. The molecule has 8 amide bonds. The maximum Gasteiger partial charge on any atom is 0.408 e. The molecule has 1 saturated heterocycles. The van der Waals surface area contributed by atoms with Gasteiger partial charge in [0.2, 0.25) is 23.6 Å². The van der Waals surface area contributed by atoms with Crippen LogP contribution in [0.2, 0.25) is 5.04 Å². The summed E-state index contributed by atoms with van der Waals surface area (Å²) in [4.78, 5) is 160. The van der Waals surface area contributed by atoms with E-state index < -0.39 is 115 Å². The van der Waals surface area contributed by atoms with Gasteiger partial charge in [-0.05, 0) is 79.6 Å². The van der Waals surface area contributed by atoms with Crippen LogP contribution < -0.4 is 48.0 Å². The first kappa shape index (κ1) is 87.5. The van der Waals surface area contributed by atoms with E-state index in [0.717, 1.165) is 49.9 Å². The smallest absolute Gasteiger partial charge is 0.408 e. The highest BCUT2D eigenvalue weighted by Gasteiger charge is 2.53. The molecule has 0 radical (unpaired) electrons. The Kier molecular flexibility index (Phi) is 29.0. The van der Waals surface area contributed by atoms with E-state index in [1.54, 1.807) is 50.6 Å². The number of aromatic nitrogens is 7. The highest BCUT2D eigenvalue weighted by atomic mass is 32.1. The summed E-state index contributed by atoms with van der Waals surface area (Å²) in [6, 6.07) is 28.4. The summed E-state index contributed by atoms with van der Waals surface area (Å²) in [5, 5.41) is 27.5. The number of amides is 8. The van der Waals surface area contributed by atoms with E-state index in [2.05, 4.69) is 81.9 Å². The number of nitrogens with zero attached hydrogens (tertiary/aromatic N) is 8. The third-order valence-corrected chi connectivity index (χ3v) is 29.4. The molecular weight excluding hydrogens is 1630 g/mol. The first-order valence-corrected chi connectivity index (χ1v) is 44.3. The second kappa shape index (κ2) is 38.8. The summed E-state index contributed by atoms with van der Waals surface area (Å²) in [7, 11) is 2.15. The second-order valence-electron chi connectivity index (χ2n) is 29.5. The molecule has 30 nitrogen and oxygen atoms in total. The lowest BCUT2D eigenvalue weighted by Gasteiger charge is -2.46. The van der Waals surface area contributed by atoms with Crippen molar-refractivity contribution in [1.29, 1.82) is 0 Å². The fourth-order valence-electron chi connectivity index (χ4n) is 13.2. The van der Waals surface area contributed by atoms with Crippen molar-refractivity contribution in [3.63, 3.8) is 0 Å². The molecule has 616 valence electrons. The van der Waals surface area contributed by atoms with Crippen LogP contribution in [0.4, 0.5) is 4.79 Å². The minimum Gasteiger partial charge on any atom is -0.464 e. The third-order valence-electron chi connectivity index (χ3n) is 18.7. The number of pyridine rings is 1. The average molecular weight is 1720 g/mol. The maximum atomic E-state index is 14.7. The molecule has 7 aromatic heterocycles. The van der Waals surface area contributed by atoms with E-state index in [1.807, 2.05) is 86.0 Å². The van der Waals surface area contributed by atoms with Gasteiger partial charge in [0, 0.05) is 59.8 Å². The summed E-state index contributed by atoms with van der Waals surface area (Å²) in [6.45, 7) is 16.5. The minimum absolute atomic E-state index is 0.0422. The topological polar surface area (TPSA) is 401 Å². The molecule has 0 saturated carbocycles. The number of ether oxygens (including phenoxy) is 5. The number of thiazole rings is 6. The molecule has 0 bridgehead atoms. The van der Waals surface area contributed by atoms with E-state index >= 15 is 0 Å². The molecule has 3 aromatic carbocycles. The van der Waals surface area contributed by atoms with Crippen LogP contribution in [-0.2, 0) is 53.9 Å². The van der Waals surface area contributed by atoms with Gasteiger partial charge < -0.3 is 70.6 Å². The largest absolute Gasteiger partial charge is 0.464 e. The van der Waals surface area contributed by atoms with Crippen LogP contribution in [0.3, 0.4) is 0 Å². The zero-order valence-electron chi connectivity index (χ0n) is 66.6. The molecule has 0 aliphatic carbocycles. The van der Waals surface area contributed by atoms with Crippen LogP contribution in [0.1, 0.15) is 171 Å². The van der Waals surface area contributed by atoms with Crippen LogP contribution in [0.15, 0.2) is 125 Å². The second-order valence-corrected chi connectivity index (χ2v) is 39.6. The van der Waals surface area contributed by atoms with Gasteiger partial charge in [0.1, 0.15) is 101 Å². The number of nitrogens with one attached hydrogen (secondary N) is 6. The van der Waals surface area contributed by atoms with Crippen molar-refractivity contribution < 1.29 is 71.3 Å². The Morgan fingerprint density at radius 1 is 0.624 bits per heavy atom. The van der Waals surface area contributed by atoms with E-state index in [4.69, 9.17) is 63.7 Å². The number of carbonyl (C=O) groups excluding carboxylic acids is 9. The van der Waals surface area contributed by atoms with Crippen molar-refractivity contribution >= 4 is 140 Å². The third kappa shape index (κ3) is 21.0. The number of methoxy groups -OCH3 is 3. The van der Waals surface area contributed by atoms with Gasteiger partial charge in [-0.25, -0.2) is 44.5 Å². The van der Waals surface area contributed by atoms with Crippen LogP contribution >= 0.6 is 68.0 Å². The summed E-state index contributed by atoms with van der Waals surface area (Å²) in [5.74, 6) is -5.05. The average Bonchev–Trinajstić information content (AvgIpc) is 1.58. The summed E-state index contributed by atoms with van der Waals surface area (Å²) < 4.78 is 34.5. The fraction of sp³-hybridized carbons (Fsp3) is 0.375. The number of nitrogens with two attached hydrogens (primary N) is 1. The van der Waals surface area contributed by atoms with Crippen LogP contribution in [0, 0.1) is 12.8 Å². The Hall–Kier alpha value is -10.3. The Labute approximate surface area is 701 Å². The molecular formula is C80H91N15O15S6Si. The number of esters is 1. The molecule has 1 fully saturated rings. The Bertz CT molecular complexity index is 5160. The Balaban J connectivity index is 0.957. The van der Waals surface area contributed by atoms with Crippen molar-refractivity contribution in [3.8, 4) is 43.4 Å². The number of hydrogen-bond acceptors (Lipinski definition) is 28. The molecule has 10 aromatic rings. The first-order valence-electron chi connectivity index (χ1n) is 37.2. The zero-order chi connectivity index (χ0) is 84.0. The molecule has 1 aliphatic heterocycles. The lowest BCUT2D eigenvalue weighted by molar-refractivity contribution is -0.141. The Morgan fingerprint density at radius 3 is 1.87 bits per heavy atom. The van der Waals surface area contributed by atoms with Crippen LogP contribution in [0.25, 0.3) is 43.4 Å². The number of likely N-dealkylation sites (tertiary alicyclic amines) is 1. The highest BCUT2D eigenvalue weighted by Crippen LogP contribution is 2.46. The number of hydrogen-bond donors (Lipinski definition) is 7. The number of benzene rings is 3. The Morgan fingerprint density at radius 2 is 1.25 bits per heavy atom. The van der Waals surface area contributed by atoms with Gasteiger partial charge in [-0.2, -0.15) is 0 Å². The molecule has 117 heavy (non-hydrogen) atoms. The van der Waals surface area contributed by atoms with Crippen molar-refractivity contribution in [1.82, 2.24) is 71.7 Å². The van der Waals surface area contributed by atoms with E-state index in [1.165, 1.54) is 72.7 Å². The van der Waals surface area contributed by atoms with Crippen LogP contribution in [-0.4, -0.2) is 174 Å². The van der Waals surface area contributed by atoms with E-state index in [0.29, 0.717) is 65.3 Å². The normalized spacial score (nSPS) is 14.4. The summed E-state index contributed by atoms with van der Waals surface area (Å²) in [5.41, 5.74) is 7.33. The van der Waals surface area contributed by atoms with Gasteiger partial charge in [-0.3, -0.25) is 33.6 Å². The quantitative estimate of drug-likeness (QED) is 0.00852. The summed E-state index contributed by atoms with van der Waals surface area (Å²) in [6.07, 6.45) is -1.07. The van der Waals surface area contributed by atoms with Gasteiger partial charge in [-0.15, -0.1) is 68.0 Å². The molecule has 1 aliphatic rings. The molecule has 0 unspecified atom stereocenters. The van der Waals surface area contributed by atoms with Gasteiger partial charge in [-0.1, -0.05) is 126 Å². The standard InChI is InChI=1S/C80H91N15O15S6Si/c1-43(2)60(75-94-63(77(103)107-13)57(116-75)37-105-11)92-69(101)61-44(3)115-73(93-61)50(34-58(96)82-10)85-67(99)53-39-111-70(88-53)48-31-32-49(71-89-54(40-113-71)68(100)86-51(36-108-42-106-12)76(102)95-33-23-30-56(95)66(81)98)84-62(48)52-38-112-72(87-52)55-41-114-74(90-55)64(91-59(97)35-83-78(104)109-79(4,5)6)65(45-24-17-14-18-25-45)110-117(80(7,8)9,46-26-19-15-20-27-46)47-28-21-16-22-29-47/h14-22,24-29,31-32,38-41,43,50-51,56,60,64-65H,23,30,33-37,42H2,1-13H3,(H2,81,98)(H,82,96)(H,83,104)(H,85,99)(H,86,100)(H,91,97)(H,92,101)/t50-,51-,56-,60-,64+,65-/m0/s1. The number of alkyl carbamates (subject to hydrolysis) is 1. The van der Waals surface area contributed by atoms with Crippen LogP contribution in [0.5, 0.6) is 0 Å². The number of aryl methyl sites for hydroxylation is 1. The van der Waals surface area contributed by atoms with Gasteiger partial charge in [0.15, 0.2) is 5.69 Å². The summed E-state index contributed by atoms with van der Waals surface area (Å²) >= 11 is 7.07. The molecule has 6 atom stereocenters. The lowest BCUT2D eigenvalue weighted by atomic mass is 10.0. The van der Waals surface area contributed by atoms with Crippen molar-refractivity contribution in [3.05, 3.63) is 178 Å². The van der Waals surface area contributed by atoms with Crippen molar-refractivity contribution in [2.75, 3.05) is 54.9 Å². The first-order chi connectivity index (χ1) is 55.9. The monoisotopic (exact) mass is 1720 g/mol. The van der Waals surface area contributed by atoms with Gasteiger partial charge in [0.25, 0.3) is 26.0 Å². The maximum absolute atomic E-state index is 14.7. The minimum atomic E-state index is -3.46. The SMILES string of the molecule is CNC(=O)C[C@H](NC(=O)c1csc(-c2ccc(-c3nc(C(=O)N[C@@H](COCOC)C(=O)N4CCC[C@H]4C(N)=O)cs3)nc2-c2csc(-c3csc([C@H](NC(=O)CNC(=O)OC(C)(C)C)[C@@H](O[Si](c4ccccc4)(c4ccccc4)C(C)(C)C)c4ccccc4)n3)n2)n1)c1nc(C(=O)N[C@H](c2nc(C(=O)OC)c(COC)s2)C(C)C)c(C)s1. The number of carbonyl (C=O) groups is 9. The molecule has 11 rings (SSSR count). The van der Waals surface area contributed by atoms with E-state index in [9.17, 15) is 43.2 Å². The number of rotatable bonds is 34. The lowest BCUT2D eigenvalue weighted by Crippen LogP contribution is -2.67.